The molecule has 1 N–H and O–H groups in total. The van der Waals surface area contributed by atoms with Crippen LogP contribution in [0.5, 0.6) is 0 Å². The van der Waals surface area contributed by atoms with E-state index in [9.17, 15) is 14.0 Å². The quantitative estimate of drug-likeness (QED) is 0.904. The van der Waals surface area contributed by atoms with E-state index in [0.29, 0.717) is 12.1 Å². The molecular formula is C13H14ClFN2O2. The van der Waals surface area contributed by atoms with Gasteiger partial charge >= 0.3 is 0 Å². The minimum absolute atomic E-state index is 0.0746. The van der Waals surface area contributed by atoms with Crippen LogP contribution in [0.4, 0.5) is 10.1 Å². The molecule has 19 heavy (non-hydrogen) atoms. The van der Waals surface area contributed by atoms with Gasteiger partial charge in [-0.15, -0.1) is 0 Å². The number of nitrogens with one attached hydrogen (secondary N) is 1. The number of rotatable bonds is 2. The summed E-state index contributed by atoms with van der Waals surface area (Å²) in [6.45, 7) is 3.40. The average Bonchev–Trinajstić information content (AvgIpc) is 2.37. The standard InChI is InChI=1S/C13H14ClFN2O2/c1-3-13(2)12(19)17(7-11(18)16-13)8-4-5-10(15)9(14)6-8/h4-6H,3,7H2,1-2H3,(H,16,18). The van der Waals surface area contributed by atoms with E-state index in [1.165, 1.54) is 23.1 Å². The maximum absolute atomic E-state index is 13.1. The number of anilines is 1. The lowest BCUT2D eigenvalue weighted by Crippen LogP contribution is -2.65. The van der Waals surface area contributed by atoms with Crippen molar-refractivity contribution in [2.24, 2.45) is 0 Å². The monoisotopic (exact) mass is 284 g/mol. The number of benzene rings is 1. The van der Waals surface area contributed by atoms with Crippen molar-refractivity contribution in [3.63, 3.8) is 0 Å². The molecule has 1 saturated heterocycles. The molecule has 0 aromatic heterocycles. The van der Waals surface area contributed by atoms with E-state index >= 15 is 0 Å². The van der Waals surface area contributed by atoms with Crippen LogP contribution in [0.3, 0.4) is 0 Å². The maximum Gasteiger partial charge on any atom is 0.252 e. The Labute approximate surface area is 115 Å². The van der Waals surface area contributed by atoms with E-state index in [4.69, 9.17) is 11.6 Å². The van der Waals surface area contributed by atoms with Crippen LogP contribution in [0.15, 0.2) is 18.2 Å². The van der Waals surface area contributed by atoms with Gasteiger partial charge in [-0.3, -0.25) is 9.59 Å². The van der Waals surface area contributed by atoms with Crippen LogP contribution in [0.1, 0.15) is 20.3 Å². The van der Waals surface area contributed by atoms with Crippen molar-refractivity contribution in [3.8, 4) is 0 Å². The van der Waals surface area contributed by atoms with E-state index in [0.717, 1.165) is 0 Å². The molecule has 0 spiro atoms. The second kappa shape index (κ2) is 4.81. The summed E-state index contributed by atoms with van der Waals surface area (Å²) in [5.41, 5.74) is -0.512. The summed E-state index contributed by atoms with van der Waals surface area (Å²) in [6, 6.07) is 3.97. The third-order valence-corrected chi connectivity index (χ3v) is 3.65. The Hall–Kier alpha value is -1.62. The van der Waals surface area contributed by atoms with Gasteiger partial charge in [0.25, 0.3) is 5.91 Å². The highest BCUT2D eigenvalue weighted by Crippen LogP contribution is 2.27. The summed E-state index contributed by atoms with van der Waals surface area (Å²) in [4.78, 5) is 25.4. The Bertz CT molecular complexity index is 549. The van der Waals surface area contributed by atoms with Gasteiger partial charge < -0.3 is 10.2 Å². The van der Waals surface area contributed by atoms with Crippen molar-refractivity contribution in [2.75, 3.05) is 11.4 Å². The number of nitrogens with zero attached hydrogens (tertiary/aromatic N) is 1. The Balaban J connectivity index is 2.40. The minimum atomic E-state index is -0.934. The lowest BCUT2D eigenvalue weighted by Gasteiger charge is -2.39. The highest BCUT2D eigenvalue weighted by molar-refractivity contribution is 6.31. The van der Waals surface area contributed by atoms with E-state index in [1.807, 2.05) is 6.92 Å². The molecule has 1 fully saturated rings. The molecule has 4 nitrogen and oxygen atoms in total. The number of amides is 2. The van der Waals surface area contributed by atoms with Crippen molar-refractivity contribution in [1.82, 2.24) is 5.32 Å². The van der Waals surface area contributed by atoms with Gasteiger partial charge in [-0.2, -0.15) is 0 Å². The lowest BCUT2D eigenvalue weighted by molar-refractivity contribution is -0.135. The largest absolute Gasteiger partial charge is 0.340 e. The Morgan fingerprint density at radius 3 is 2.74 bits per heavy atom. The number of piperazine rings is 1. The fourth-order valence-electron chi connectivity index (χ4n) is 2.02. The van der Waals surface area contributed by atoms with Crippen molar-refractivity contribution in [3.05, 3.63) is 29.0 Å². The highest BCUT2D eigenvalue weighted by Gasteiger charge is 2.42. The van der Waals surface area contributed by atoms with Crippen LogP contribution in [-0.2, 0) is 9.59 Å². The van der Waals surface area contributed by atoms with Crippen LogP contribution >= 0.6 is 11.6 Å². The summed E-state index contributed by atoms with van der Waals surface area (Å²) in [6.07, 6.45) is 0.475. The van der Waals surface area contributed by atoms with Gasteiger partial charge in [0, 0.05) is 5.69 Å². The molecule has 0 saturated carbocycles. The van der Waals surface area contributed by atoms with Crippen LogP contribution in [-0.4, -0.2) is 23.9 Å². The van der Waals surface area contributed by atoms with E-state index in [2.05, 4.69) is 5.32 Å². The molecule has 2 rings (SSSR count). The van der Waals surface area contributed by atoms with Gasteiger partial charge in [0.05, 0.1) is 5.02 Å². The van der Waals surface area contributed by atoms with Crippen molar-refractivity contribution in [2.45, 2.75) is 25.8 Å². The third kappa shape index (κ3) is 2.42. The summed E-state index contributed by atoms with van der Waals surface area (Å²) in [7, 11) is 0. The number of hydrogen-bond acceptors (Lipinski definition) is 2. The first-order chi connectivity index (χ1) is 8.87. The summed E-state index contributed by atoms with van der Waals surface area (Å²) in [5.74, 6) is -1.03. The zero-order valence-corrected chi connectivity index (χ0v) is 11.4. The molecule has 2 amide bonds. The zero-order valence-electron chi connectivity index (χ0n) is 10.7. The maximum atomic E-state index is 13.1. The van der Waals surface area contributed by atoms with Gasteiger partial charge in [0.1, 0.15) is 17.9 Å². The van der Waals surface area contributed by atoms with Gasteiger partial charge in [-0.25, -0.2) is 4.39 Å². The summed E-state index contributed by atoms with van der Waals surface area (Å²) < 4.78 is 13.1. The second-order valence-electron chi connectivity index (χ2n) is 4.72. The predicted octanol–water partition coefficient (Wildman–Crippen LogP) is 2.11. The van der Waals surface area contributed by atoms with Gasteiger partial charge in [0.2, 0.25) is 5.91 Å². The molecule has 1 aromatic carbocycles. The zero-order chi connectivity index (χ0) is 14.2. The molecule has 0 aliphatic carbocycles. The average molecular weight is 285 g/mol. The molecule has 0 bridgehead atoms. The first-order valence-corrected chi connectivity index (χ1v) is 6.33. The molecule has 1 atom stereocenters. The first kappa shape index (κ1) is 13.8. The molecule has 1 unspecified atom stereocenters. The van der Waals surface area contributed by atoms with E-state index in [1.54, 1.807) is 6.92 Å². The number of carbonyl (C=O) groups is 2. The van der Waals surface area contributed by atoms with Crippen LogP contribution in [0, 0.1) is 5.82 Å². The fourth-order valence-corrected chi connectivity index (χ4v) is 2.19. The molecule has 1 aromatic rings. The third-order valence-electron chi connectivity index (χ3n) is 3.36. The predicted molar refractivity (Wildman–Crippen MR) is 70.6 cm³/mol. The summed E-state index contributed by atoms with van der Waals surface area (Å²) >= 11 is 5.71. The first-order valence-electron chi connectivity index (χ1n) is 5.95. The highest BCUT2D eigenvalue weighted by atomic mass is 35.5. The lowest BCUT2D eigenvalue weighted by atomic mass is 9.94. The smallest absolute Gasteiger partial charge is 0.252 e. The SMILES string of the molecule is CCC1(C)NC(=O)CN(c2ccc(F)c(Cl)c2)C1=O. The van der Waals surface area contributed by atoms with E-state index < -0.39 is 11.4 Å². The van der Waals surface area contributed by atoms with Gasteiger partial charge in [-0.05, 0) is 31.5 Å². The van der Waals surface area contributed by atoms with Crippen LogP contribution in [0.25, 0.3) is 0 Å². The molecule has 1 aliphatic rings. The molecule has 102 valence electrons. The molecule has 0 radical (unpaired) electrons. The Morgan fingerprint density at radius 1 is 1.47 bits per heavy atom. The summed E-state index contributed by atoms with van der Waals surface area (Å²) in [5, 5.41) is 2.61. The number of halogens is 2. The van der Waals surface area contributed by atoms with E-state index in [-0.39, 0.29) is 23.4 Å². The topological polar surface area (TPSA) is 49.4 Å². The van der Waals surface area contributed by atoms with Crippen molar-refractivity contribution >= 4 is 29.1 Å². The number of carbonyl (C=O) groups excluding carboxylic acids is 2. The Morgan fingerprint density at radius 2 is 2.16 bits per heavy atom. The molecule has 6 heteroatoms. The molecule has 1 heterocycles. The van der Waals surface area contributed by atoms with Crippen molar-refractivity contribution < 1.29 is 14.0 Å². The Kier molecular flexibility index (Phi) is 3.49. The van der Waals surface area contributed by atoms with Crippen LogP contribution in [0.2, 0.25) is 5.02 Å². The molecule has 1 aliphatic heterocycles. The van der Waals surface area contributed by atoms with Gasteiger partial charge in [0.15, 0.2) is 0 Å². The normalized spacial score (nSPS) is 23.5. The molecular weight excluding hydrogens is 271 g/mol. The fraction of sp³-hybridized carbons (Fsp3) is 0.385. The minimum Gasteiger partial charge on any atom is -0.340 e. The van der Waals surface area contributed by atoms with Crippen molar-refractivity contribution in [1.29, 1.82) is 0 Å². The number of hydrogen-bond donors (Lipinski definition) is 1. The van der Waals surface area contributed by atoms with Crippen LogP contribution < -0.4 is 10.2 Å². The second-order valence-corrected chi connectivity index (χ2v) is 5.13. The van der Waals surface area contributed by atoms with Gasteiger partial charge in [-0.1, -0.05) is 18.5 Å².